The fourth-order valence-electron chi connectivity index (χ4n) is 4.07. The second kappa shape index (κ2) is 9.75. The molecule has 1 fully saturated rings. The van der Waals surface area contributed by atoms with Gasteiger partial charge in [0.1, 0.15) is 11.6 Å². The number of rotatable bonds is 4. The molecule has 0 spiro atoms. The molecular weight excluding hydrogens is 484 g/mol. The Morgan fingerprint density at radius 1 is 1.14 bits per heavy atom. The van der Waals surface area contributed by atoms with Gasteiger partial charge < -0.3 is 20.5 Å². The van der Waals surface area contributed by atoms with Crippen molar-refractivity contribution in [2.45, 2.75) is 30.7 Å². The minimum Gasteiger partial charge on any atom is -0.493 e. The lowest BCUT2D eigenvalue weighted by Crippen LogP contribution is -2.41. The number of nitrogens with zero attached hydrogens (tertiary/aromatic N) is 1. The third-order valence-corrected chi connectivity index (χ3v) is 5.72. The van der Waals surface area contributed by atoms with Crippen LogP contribution in [0.1, 0.15) is 36.4 Å². The lowest BCUT2D eigenvalue weighted by molar-refractivity contribution is 0.0530. The summed E-state index contributed by atoms with van der Waals surface area (Å²) in [6.45, 7) is 2.44. The number of aliphatic imine (C=N–C) groups is 1. The van der Waals surface area contributed by atoms with Crippen LogP contribution in [-0.4, -0.2) is 32.3 Å². The Hall–Kier alpha value is -1.87. The first kappa shape index (κ1) is 21.8. The number of guanidine groups is 1. The molecule has 29 heavy (non-hydrogen) atoms. The molecule has 2 aliphatic heterocycles. The third kappa shape index (κ3) is 5.01. The number of halogens is 2. The highest BCUT2D eigenvalue weighted by molar-refractivity contribution is 14.0. The molecule has 7 heteroatoms. The van der Waals surface area contributed by atoms with Crippen LogP contribution in [0.2, 0.25) is 0 Å². The van der Waals surface area contributed by atoms with E-state index in [0.29, 0.717) is 32.3 Å². The number of para-hydroxylation sites is 1. The van der Waals surface area contributed by atoms with Crippen molar-refractivity contribution in [2.75, 3.05) is 26.4 Å². The van der Waals surface area contributed by atoms with Gasteiger partial charge in [-0.25, -0.2) is 4.39 Å². The highest BCUT2D eigenvalue weighted by atomic mass is 127. The molecule has 5 nitrogen and oxygen atoms in total. The smallest absolute Gasteiger partial charge is 0.189 e. The van der Waals surface area contributed by atoms with Gasteiger partial charge in [0.2, 0.25) is 0 Å². The predicted molar refractivity (Wildman–Crippen MR) is 122 cm³/mol. The fourth-order valence-corrected chi connectivity index (χ4v) is 4.07. The van der Waals surface area contributed by atoms with Crippen LogP contribution in [-0.2, 0) is 10.2 Å². The number of benzene rings is 2. The van der Waals surface area contributed by atoms with Crippen LogP contribution in [0.25, 0.3) is 0 Å². The van der Waals surface area contributed by atoms with E-state index in [9.17, 15) is 4.39 Å². The van der Waals surface area contributed by atoms with Gasteiger partial charge in [-0.2, -0.15) is 0 Å². The zero-order valence-electron chi connectivity index (χ0n) is 16.3. The molecule has 0 bridgehead atoms. The van der Waals surface area contributed by atoms with E-state index in [1.54, 1.807) is 12.1 Å². The molecule has 2 heterocycles. The first-order chi connectivity index (χ1) is 13.7. The second-order valence-corrected chi connectivity index (χ2v) is 7.48. The van der Waals surface area contributed by atoms with Crippen molar-refractivity contribution in [1.29, 1.82) is 0 Å². The quantitative estimate of drug-likeness (QED) is 0.371. The third-order valence-electron chi connectivity index (χ3n) is 5.72. The minimum atomic E-state index is -0.250. The standard InChI is InChI=1S/C22H26FN3O2.HI/c23-17-5-3-4-16(14-17)22(9-12-27-13-10-22)15-25-21(24)26-19-8-11-28-20-7-2-1-6-18(19)20;/h1-7,14,19H,8-13,15H2,(H3,24,25,26);1H. The fraction of sp³-hybridized carbons (Fsp3) is 0.409. The molecule has 4 rings (SSSR count). The van der Waals surface area contributed by atoms with Crippen molar-refractivity contribution in [3.05, 3.63) is 65.5 Å². The summed E-state index contributed by atoms with van der Waals surface area (Å²) in [5, 5.41) is 3.34. The summed E-state index contributed by atoms with van der Waals surface area (Å²) in [5.74, 6) is 1.07. The highest BCUT2D eigenvalue weighted by Gasteiger charge is 2.35. The van der Waals surface area contributed by atoms with Crippen molar-refractivity contribution in [3.63, 3.8) is 0 Å². The summed E-state index contributed by atoms with van der Waals surface area (Å²) in [4.78, 5) is 4.66. The van der Waals surface area contributed by atoms with Crippen LogP contribution >= 0.6 is 24.0 Å². The summed E-state index contributed by atoms with van der Waals surface area (Å²) in [6.07, 6.45) is 2.43. The summed E-state index contributed by atoms with van der Waals surface area (Å²) in [7, 11) is 0. The van der Waals surface area contributed by atoms with Gasteiger partial charge in [0.05, 0.1) is 19.2 Å². The number of ether oxygens (including phenoxy) is 2. The van der Waals surface area contributed by atoms with Crippen molar-refractivity contribution in [2.24, 2.45) is 10.7 Å². The molecule has 2 aliphatic rings. The van der Waals surface area contributed by atoms with E-state index in [2.05, 4.69) is 10.3 Å². The first-order valence-electron chi connectivity index (χ1n) is 9.78. The van der Waals surface area contributed by atoms with E-state index in [1.165, 1.54) is 6.07 Å². The van der Waals surface area contributed by atoms with Crippen molar-refractivity contribution < 1.29 is 13.9 Å². The zero-order valence-corrected chi connectivity index (χ0v) is 18.6. The van der Waals surface area contributed by atoms with Crippen LogP contribution in [0.5, 0.6) is 5.75 Å². The minimum absolute atomic E-state index is 0. The van der Waals surface area contributed by atoms with Gasteiger partial charge in [-0.1, -0.05) is 30.3 Å². The lowest BCUT2D eigenvalue weighted by atomic mass is 9.74. The van der Waals surface area contributed by atoms with Crippen molar-refractivity contribution in [1.82, 2.24) is 5.32 Å². The molecule has 0 saturated carbocycles. The van der Waals surface area contributed by atoms with Gasteiger partial charge in [-0.05, 0) is 36.6 Å². The van der Waals surface area contributed by atoms with Crippen LogP contribution in [0.3, 0.4) is 0 Å². The number of nitrogens with one attached hydrogen (secondary N) is 1. The Labute approximate surface area is 187 Å². The summed E-state index contributed by atoms with van der Waals surface area (Å²) in [6, 6.07) is 14.9. The summed E-state index contributed by atoms with van der Waals surface area (Å²) in [5.41, 5.74) is 8.05. The van der Waals surface area contributed by atoms with Crippen molar-refractivity contribution >= 4 is 29.9 Å². The van der Waals surface area contributed by atoms with E-state index in [1.807, 2.05) is 30.3 Å². The van der Waals surface area contributed by atoms with E-state index >= 15 is 0 Å². The van der Waals surface area contributed by atoms with Crippen LogP contribution < -0.4 is 15.8 Å². The number of hydrogen-bond acceptors (Lipinski definition) is 3. The molecule has 2 aromatic carbocycles. The first-order valence-corrected chi connectivity index (χ1v) is 9.78. The monoisotopic (exact) mass is 511 g/mol. The maximum atomic E-state index is 13.8. The highest BCUT2D eigenvalue weighted by Crippen LogP contribution is 2.36. The molecule has 1 atom stereocenters. The van der Waals surface area contributed by atoms with E-state index in [4.69, 9.17) is 15.2 Å². The number of fused-ring (bicyclic) bond motifs is 1. The average molecular weight is 511 g/mol. The molecular formula is C22H27FIN3O2. The molecule has 0 aliphatic carbocycles. The Kier molecular flexibility index (Phi) is 7.34. The van der Waals surface area contributed by atoms with Crippen LogP contribution in [0.4, 0.5) is 4.39 Å². The van der Waals surface area contributed by atoms with E-state index in [0.717, 1.165) is 36.1 Å². The maximum Gasteiger partial charge on any atom is 0.189 e. The van der Waals surface area contributed by atoms with Gasteiger partial charge in [0.25, 0.3) is 0 Å². The Balaban J connectivity index is 0.00000240. The molecule has 0 amide bonds. The number of hydrogen-bond donors (Lipinski definition) is 2. The van der Waals surface area contributed by atoms with Gasteiger partial charge in [0.15, 0.2) is 5.96 Å². The molecule has 1 unspecified atom stereocenters. The van der Waals surface area contributed by atoms with Gasteiger partial charge >= 0.3 is 0 Å². The van der Waals surface area contributed by atoms with Gasteiger partial charge in [-0.3, -0.25) is 4.99 Å². The summed E-state index contributed by atoms with van der Waals surface area (Å²) < 4.78 is 25.1. The number of nitrogens with two attached hydrogens (primary N) is 1. The molecule has 3 N–H and O–H groups in total. The average Bonchev–Trinajstić information content (AvgIpc) is 2.73. The van der Waals surface area contributed by atoms with Gasteiger partial charge in [-0.15, -0.1) is 24.0 Å². The van der Waals surface area contributed by atoms with Gasteiger partial charge in [0, 0.05) is 30.6 Å². The van der Waals surface area contributed by atoms with Crippen LogP contribution in [0, 0.1) is 5.82 Å². The molecule has 2 aromatic rings. The maximum absolute atomic E-state index is 13.8. The topological polar surface area (TPSA) is 68.9 Å². The SMILES string of the molecule is I.NC(=NCC1(c2cccc(F)c2)CCOCC1)NC1CCOc2ccccc21. The Morgan fingerprint density at radius 3 is 2.72 bits per heavy atom. The predicted octanol–water partition coefficient (Wildman–Crippen LogP) is 3.92. The zero-order chi connectivity index (χ0) is 19.4. The molecule has 156 valence electrons. The lowest BCUT2D eigenvalue weighted by Gasteiger charge is -2.36. The molecule has 0 radical (unpaired) electrons. The van der Waals surface area contributed by atoms with Crippen molar-refractivity contribution in [3.8, 4) is 5.75 Å². The Morgan fingerprint density at radius 2 is 1.93 bits per heavy atom. The molecule has 0 aromatic heterocycles. The summed E-state index contributed by atoms with van der Waals surface area (Å²) >= 11 is 0. The van der Waals surface area contributed by atoms with Crippen LogP contribution in [0.15, 0.2) is 53.5 Å². The Bertz CT molecular complexity index is 855. The largest absolute Gasteiger partial charge is 0.493 e. The van der Waals surface area contributed by atoms with E-state index < -0.39 is 0 Å². The molecule has 1 saturated heterocycles. The second-order valence-electron chi connectivity index (χ2n) is 7.48. The van der Waals surface area contributed by atoms with E-state index in [-0.39, 0.29) is 41.3 Å². The normalized spacial score (nSPS) is 20.7.